The van der Waals surface area contributed by atoms with E-state index in [1.807, 2.05) is 6.92 Å². The highest BCUT2D eigenvalue weighted by atomic mass is 32.2. The van der Waals surface area contributed by atoms with E-state index in [1.54, 1.807) is 0 Å². The lowest BCUT2D eigenvalue weighted by molar-refractivity contribution is -0.121. The number of thioether (sulfide) groups is 1. The molecule has 0 heterocycles. The lowest BCUT2D eigenvalue weighted by Crippen LogP contribution is -2.26. The molecule has 0 aliphatic carbocycles. The molecule has 1 atom stereocenters. The Morgan fingerprint density at radius 2 is 2.06 bits per heavy atom. The van der Waals surface area contributed by atoms with Gasteiger partial charge in [0.05, 0.1) is 0 Å². The summed E-state index contributed by atoms with van der Waals surface area (Å²) >= 11 is -0.123. The number of amides is 1. The Morgan fingerprint density at radius 3 is 2.59 bits per heavy atom. The van der Waals surface area contributed by atoms with Crippen LogP contribution in [-0.2, 0) is 4.79 Å². The molecule has 3 N–H and O–H groups in total. The van der Waals surface area contributed by atoms with Crippen LogP contribution in [0.2, 0.25) is 0 Å². The summed E-state index contributed by atoms with van der Waals surface area (Å²) in [7, 11) is 0. The minimum atomic E-state index is -4.22. The first-order valence-electron chi connectivity index (χ1n) is 5.52. The summed E-state index contributed by atoms with van der Waals surface area (Å²) in [5.41, 5.74) is 1.14. The summed E-state index contributed by atoms with van der Waals surface area (Å²) in [6.07, 6.45) is 1.92. The standard InChI is InChI=1S/C10H19F3N2OS/c1-8(4-5-14)2-3-9(16)15-6-7-17-10(11,12)13/h8H,2-7,14H2,1H3,(H,15,16). The molecule has 0 fully saturated rings. The number of nitrogens with two attached hydrogens (primary N) is 1. The van der Waals surface area contributed by atoms with E-state index < -0.39 is 5.51 Å². The van der Waals surface area contributed by atoms with Crippen molar-refractivity contribution in [2.75, 3.05) is 18.8 Å². The molecule has 102 valence electrons. The van der Waals surface area contributed by atoms with Gasteiger partial charge in [-0.15, -0.1) is 0 Å². The topological polar surface area (TPSA) is 55.1 Å². The molecule has 1 amide bonds. The van der Waals surface area contributed by atoms with Crippen LogP contribution in [0.4, 0.5) is 13.2 Å². The number of rotatable bonds is 8. The second-order valence-electron chi connectivity index (χ2n) is 3.87. The number of hydrogen-bond donors (Lipinski definition) is 2. The number of carbonyl (C=O) groups is 1. The molecule has 0 aromatic heterocycles. The van der Waals surface area contributed by atoms with Gasteiger partial charge >= 0.3 is 5.51 Å². The van der Waals surface area contributed by atoms with Gasteiger partial charge in [-0.25, -0.2) is 0 Å². The van der Waals surface area contributed by atoms with Crippen LogP contribution in [0.25, 0.3) is 0 Å². The molecule has 0 aromatic rings. The van der Waals surface area contributed by atoms with Gasteiger partial charge in [-0.3, -0.25) is 4.79 Å². The lowest BCUT2D eigenvalue weighted by Gasteiger charge is -2.10. The highest BCUT2D eigenvalue weighted by Crippen LogP contribution is 2.29. The molecule has 0 aromatic carbocycles. The Balaban J connectivity index is 3.47. The van der Waals surface area contributed by atoms with Gasteiger partial charge in [0.1, 0.15) is 0 Å². The van der Waals surface area contributed by atoms with Crippen LogP contribution in [0.3, 0.4) is 0 Å². The van der Waals surface area contributed by atoms with Gasteiger partial charge < -0.3 is 11.1 Å². The Morgan fingerprint density at radius 1 is 1.41 bits per heavy atom. The van der Waals surface area contributed by atoms with E-state index >= 15 is 0 Å². The van der Waals surface area contributed by atoms with Crippen molar-refractivity contribution in [2.24, 2.45) is 11.7 Å². The zero-order valence-corrected chi connectivity index (χ0v) is 10.7. The summed E-state index contributed by atoms with van der Waals surface area (Å²) in [6.45, 7) is 2.64. The minimum absolute atomic E-state index is 0.0499. The summed E-state index contributed by atoms with van der Waals surface area (Å²) in [5, 5.41) is 2.46. The molecule has 0 aliphatic rings. The quantitative estimate of drug-likeness (QED) is 0.665. The Bertz CT molecular complexity index is 224. The molecule has 3 nitrogen and oxygen atoms in total. The Kier molecular flexibility index (Phi) is 8.41. The van der Waals surface area contributed by atoms with Crippen molar-refractivity contribution >= 4 is 17.7 Å². The fourth-order valence-corrected chi connectivity index (χ4v) is 1.69. The predicted molar refractivity (Wildman–Crippen MR) is 63.6 cm³/mol. The van der Waals surface area contributed by atoms with Gasteiger partial charge in [0, 0.05) is 18.7 Å². The fraction of sp³-hybridized carbons (Fsp3) is 0.900. The summed E-state index contributed by atoms with van der Waals surface area (Å²) in [4.78, 5) is 11.2. The van der Waals surface area contributed by atoms with E-state index in [-0.39, 0.29) is 30.0 Å². The van der Waals surface area contributed by atoms with E-state index in [9.17, 15) is 18.0 Å². The molecule has 17 heavy (non-hydrogen) atoms. The highest BCUT2D eigenvalue weighted by Gasteiger charge is 2.27. The third-order valence-electron chi connectivity index (χ3n) is 2.21. The van der Waals surface area contributed by atoms with Crippen molar-refractivity contribution in [3.05, 3.63) is 0 Å². The van der Waals surface area contributed by atoms with E-state index in [0.717, 1.165) is 12.8 Å². The van der Waals surface area contributed by atoms with E-state index in [1.165, 1.54) is 0 Å². The first kappa shape index (κ1) is 16.6. The molecule has 0 saturated heterocycles. The average Bonchev–Trinajstić information content (AvgIpc) is 2.21. The molecule has 0 radical (unpaired) electrons. The maximum absolute atomic E-state index is 11.8. The highest BCUT2D eigenvalue weighted by molar-refractivity contribution is 8.00. The molecule has 7 heteroatoms. The van der Waals surface area contributed by atoms with E-state index in [0.29, 0.717) is 18.9 Å². The molecule has 0 spiro atoms. The van der Waals surface area contributed by atoms with E-state index in [4.69, 9.17) is 5.73 Å². The average molecular weight is 272 g/mol. The van der Waals surface area contributed by atoms with Crippen LogP contribution >= 0.6 is 11.8 Å². The zero-order valence-electron chi connectivity index (χ0n) is 9.85. The van der Waals surface area contributed by atoms with Crippen molar-refractivity contribution in [3.63, 3.8) is 0 Å². The number of hydrogen-bond acceptors (Lipinski definition) is 3. The van der Waals surface area contributed by atoms with Crippen LogP contribution in [-0.4, -0.2) is 30.3 Å². The van der Waals surface area contributed by atoms with E-state index in [2.05, 4.69) is 5.32 Å². The number of carbonyl (C=O) groups excluding carboxylic acids is 1. The van der Waals surface area contributed by atoms with Crippen molar-refractivity contribution in [2.45, 2.75) is 31.7 Å². The Hall–Kier alpha value is -0.430. The molecular weight excluding hydrogens is 253 g/mol. The number of nitrogens with one attached hydrogen (secondary N) is 1. The van der Waals surface area contributed by atoms with Crippen molar-refractivity contribution < 1.29 is 18.0 Å². The maximum atomic E-state index is 11.8. The molecule has 0 bridgehead atoms. The van der Waals surface area contributed by atoms with Crippen molar-refractivity contribution in [1.29, 1.82) is 0 Å². The van der Waals surface area contributed by atoms with Crippen LogP contribution in [0.1, 0.15) is 26.2 Å². The summed E-state index contributed by atoms with van der Waals surface area (Å²) in [5.74, 6) is 0.0279. The van der Waals surface area contributed by atoms with Crippen molar-refractivity contribution in [1.82, 2.24) is 5.32 Å². The van der Waals surface area contributed by atoms with Crippen LogP contribution in [0.15, 0.2) is 0 Å². The Labute approximate surface area is 104 Å². The summed E-state index contributed by atoms with van der Waals surface area (Å²) < 4.78 is 35.3. The lowest BCUT2D eigenvalue weighted by atomic mass is 10.0. The summed E-state index contributed by atoms with van der Waals surface area (Å²) in [6, 6.07) is 0. The monoisotopic (exact) mass is 272 g/mol. The SMILES string of the molecule is CC(CCN)CCC(=O)NCCSC(F)(F)F. The fourth-order valence-electron chi connectivity index (χ4n) is 1.25. The third-order valence-corrected chi connectivity index (χ3v) is 2.95. The maximum Gasteiger partial charge on any atom is 0.441 e. The molecule has 0 rings (SSSR count). The van der Waals surface area contributed by atoms with Gasteiger partial charge in [-0.05, 0) is 37.1 Å². The normalized spacial score (nSPS) is 13.5. The molecule has 0 saturated carbocycles. The van der Waals surface area contributed by atoms with Gasteiger partial charge in [0.15, 0.2) is 0 Å². The second-order valence-corrected chi connectivity index (χ2v) is 5.03. The largest absolute Gasteiger partial charge is 0.441 e. The van der Waals surface area contributed by atoms with Crippen LogP contribution < -0.4 is 11.1 Å². The third kappa shape index (κ3) is 11.8. The van der Waals surface area contributed by atoms with Gasteiger partial charge in [-0.1, -0.05) is 6.92 Å². The minimum Gasteiger partial charge on any atom is -0.355 e. The second kappa shape index (κ2) is 8.63. The van der Waals surface area contributed by atoms with Gasteiger partial charge in [0.2, 0.25) is 5.91 Å². The van der Waals surface area contributed by atoms with Gasteiger partial charge in [0.25, 0.3) is 0 Å². The number of halogens is 3. The van der Waals surface area contributed by atoms with Crippen LogP contribution in [0, 0.1) is 5.92 Å². The smallest absolute Gasteiger partial charge is 0.355 e. The van der Waals surface area contributed by atoms with Crippen molar-refractivity contribution in [3.8, 4) is 0 Å². The molecule has 1 unspecified atom stereocenters. The van der Waals surface area contributed by atoms with Gasteiger partial charge in [-0.2, -0.15) is 13.2 Å². The van der Waals surface area contributed by atoms with Crippen LogP contribution in [0.5, 0.6) is 0 Å². The molecule has 0 aliphatic heterocycles. The number of alkyl halides is 3. The zero-order chi connectivity index (χ0) is 13.3. The predicted octanol–water partition coefficient (Wildman–Crippen LogP) is 2.12. The first-order valence-corrected chi connectivity index (χ1v) is 6.51. The first-order chi connectivity index (χ1) is 7.85. The molecular formula is C10H19F3N2OS.